The summed E-state index contributed by atoms with van der Waals surface area (Å²) in [5.41, 5.74) is 7.20. The molecule has 1 saturated heterocycles. The van der Waals surface area contributed by atoms with E-state index in [9.17, 15) is 0 Å². The van der Waals surface area contributed by atoms with Crippen molar-refractivity contribution in [3.05, 3.63) is 12.4 Å². The Bertz CT molecular complexity index is 532. The molecule has 0 unspecified atom stereocenters. The summed E-state index contributed by atoms with van der Waals surface area (Å²) in [5.74, 6) is 0.912. The molecule has 1 aliphatic heterocycles. The molecule has 2 aromatic heterocycles. The van der Waals surface area contributed by atoms with Gasteiger partial charge in [0.2, 0.25) is 0 Å². The minimum Gasteiger partial charge on any atom is -0.382 e. The maximum absolute atomic E-state index is 5.67. The lowest BCUT2D eigenvalue weighted by Crippen LogP contribution is -2.18. The van der Waals surface area contributed by atoms with E-state index in [4.69, 9.17) is 10.5 Å². The molecule has 6 nitrogen and oxygen atoms in total. The lowest BCUT2D eigenvalue weighted by atomic mass is 10.0. The van der Waals surface area contributed by atoms with Crippen molar-refractivity contribution in [3.63, 3.8) is 0 Å². The summed E-state index contributed by atoms with van der Waals surface area (Å²) in [5, 5.41) is 4.36. The third-order valence-corrected chi connectivity index (χ3v) is 3.35. The predicted molar refractivity (Wildman–Crippen MR) is 63.4 cm³/mol. The van der Waals surface area contributed by atoms with Gasteiger partial charge in [-0.3, -0.25) is 0 Å². The van der Waals surface area contributed by atoms with Crippen LogP contribution >= 0.6 is 0 Å². The Morgan fingerprint density at radius 2 is 2.41 bits per heavy atom. The molecule has 6 heteroatoms. The number of fused-ring (bicyclic) bond motifs is 1. The topological polar surface area (TPSA) is 78.8 Å². The zero-order chi connectivity index (χ0) is 11.8. The van der Waals surface area contributed by atoms with E-state index >= 15 is 0 Å². The maximum atomic E-state index is 5.67. The lowest BCUT2D eigenvalue weighted by Gasteiger charge is -2.18. The number of rotatable bonds is 2. The van der Waals surface area contributed by atoms with Gasteiger partial charge < -0.3 is 10.5 Å². The van der Waals surface area contributed by atoms with Crippen LogP contribution in [0.5, 0.6) is 0 Å². The van der Waals surface area contributed by atoms with E-state index in [0.29, 0.717) is 11.7 Å². The first-order valence-corrected chi connectivity index (χ1v) is 5.79. The zero-order valence-corrected chi connectivity index (χ0v) is 9.71. The number of hydrogen-bond donors (Lipinski definition) is 1. The fourth-order valence-corrected chi connectivity index (χ4v) is 2.26. The van der Waals surface area contributed by atoms with Gasteiger partial charge in [0, 0.05) is 12.5 Å². The van der Waals surface area contributed by atoms with Gasteiger partial charge in [-0.15, -0.1) is 0 Å². The highest BCUT2D eigenvalue weighted by Gasteiger charge is 2.25. The van der Waals surface area contributed by atoms with Crippen molar-refractivity contribution < 1.29 is 4.74 Å². The molecule has 90 valence electrons. The van der Waals surface area contributed by atoms with Gasteiger partial charge >= 0.3 is 0 Å². The number of nitrogens with two attached hydrogens (primary N) is 1. The number of nitrogens with zero attached hydrogens (tertiary/aromatic N) is 4. The first kappa shape index (κ1) is 10.5. The Labute approximate surface area is 98.8 Å². The number of nitrogen functional groups attached to an aromatic ring is 1. The first-order chi connectivity index (χ1) is 8.25. The highest BCUT2D eigenvalue weighted by molar-refractivity contribution is 5.70. The fraction of sp³-hybridized carbons (Fsp3) is 0.545. The third kappa shape index (κ3) is 1.74. The molecule has 1 fully saturated rings. The molecule has 3 rings (SSSR count). The van der Waals surface area contributed by atoms with Gasteiger partial charge in [0.25, 0.3) is 0 Å². The quantitative estimate of drug-likeness (QED) is 0.837. The summed E-state index contributed by atoms with van der Waals surface area (Å²) in [6.45, 7) is 3.76. The van der Waals surface area contributed by atoms with Crippen LogP contribution in [0.2, 0.25) is 0 Å². The SMILES string of the molecule is C[C@@H]([C@@H]1CCOC1)n1ncc2ncc(N)nc21. The molecule has 2 N–H and O–H groups in total. The molecule has 17 heavy (non-hydrogen) atoms. The van der Waals surface area contributed by atoms with Gasteiger partial charge in [-0.1, -0.05) is 0 Å². The highest BCUT2D eigenvalue weighted by Crippen LogP contribution is 2.27. The van der Waals surface area contributed by atoms with Crippen LogP contribution in [0.15, 0.2) is 12.4 Å². The number of ether oxygens (including phenoxy) is 1. The van der Waals surface area contributed by atoms with Crippen LogP contribution in [-0.2, 0) is 4.74 Å². The minimum atomic E-state index is 0.256. The van der Waals surface area contributed by atoms with E-state index in [-0.39, 0.29) is 6.04 Å². The zero-order valence-electron chi connectivity index (χ0n) is 9.71. The largest absolute Gasteiger partial charge is 0.382 e. The van der Waals surface area contributed by atoms with E-state index in [1.165, 1.54) is 0 Å². The molecule has 2 atom stereocenters. The van der Waals surface area contributed by atoms with E-state index in [0.717, 1.165) is 30.8 Å². The van der Waals surface area contributed by atoms with Crippen molar-refractivity contribution in [2.45, 2.75) is 19.4 Å². The normalized spacial score (nSPS) is 22.1. The number of anilines is 1. The summed E-state index contributed by atoms with van der Waals surface area (Å²) < 4.78 is 7.31. The summed E-state index contributed by atoms with van der Waals surface area (Å²) in [6.07, 6.45) is 4.35. The molecule has 0 radical (unpaired) electrons. The molecule has 0 bridgehead atoms. The molecule has 0 amide bonds. The van der Waals surface area contributed by atoms with Crippen molar-refractivity contribution >= 4 is 17.0 Å². The third-order valence-electron chi connectivity index (χ3n) is 3.35. The van der Waals surface area contributed by atoms with Crippen LogP contribution in [0, 0.1) is 5.92 Å². The van der Waals surface area contributed by atoms with E-state index in [2.05, 4.69) is 22.0 Å². The maximum Gasteiger partial charge on any atom is 0.179 e. The molecule has 3 heterocycles. The lowest BCUT2D eigenvalue weighted by molar-refractivity contribution is 0.173. The van der Waals surface area contributed by atoms with E-state index in [1.54, 1.807) is 12.4 Å². The van der Waals surface area contributed by atoms with Gasteiger partial charge in [0.15, 0.2) is 5.65 Å². The number of aromatic nitrogens is 4. The molecular formula is C11H15N5O. The standard InChI is InChI=1S/C11H15N5O/c1-7(8-2-3-17-6-8)16-11-9(4-14-16)13-5-10(12)15-11/h4-5,7-8H,2-3,6H2,1H3,(H2,12,15)/t7-,8+/m0/s1. The molecule has 0 spiro atoms. The van der Waals surface area contributed by atoms with Crippen molar-refractivity contribution in [2.75, 3.05) is 18.9 Å². The summed E-state index contributed by atoms with van der Waals surface area (Å²) in [6, 6.07) is 0.256. The highest BCUT2D eigenvalue weighted by atomic mass is 16.5. The van der Waals surface area contributed by atoms with Crippen molar-refractivity contribution in [1.82, 2.24) is 19.7 Å². The summed E-state index contributed by atoms with van der Waals surface area (Å²) in [4.78, 5) is 8.51. The molecular weight excluding hydrogens is 218 g/mol. The Hall–Kier alpha value is -1.69. The van der Waals surface area contributed by atoms with E-state index < -0.39 is 0 Å². The summed E-state index contributed by atoms with van der Waals surface area (Å²) in [7, 11) is 0. The van der Waals surface area contributed by atoms with Crippen LogP contribution in [0.25, 0.3) is 11.2 Å². The minimum absolute atomic E-state index is 0.256. The van der Waals surface area contributed by atoms with E-state index in [1.807, 2.05) is 4.68 Å². The van der Waals surface area contributed by atoms with Gasteiger partial charge in [-0.25, -0.2) is 14.6 Å². The van der Waals surface area contributed by atoms with Crippen LogP contribution in [0.1, 0.15) is 19.4 Å². The average Bonchev–Trinajstić information content (AvgIpc) is 2.97. The second-order valence-electron chi connectivity index (χ2n) is 4.46. The Kier molecular flexibility index (Phi) is 2.44. The van der Waals surface area contributed by atoms with Crippen LogP contribution in [0.3, 0.4) is 0 Å². The molecule has 0 aromatic carbocycles. The predicted octanol–water partition coefficient (Wildman–Crippen LogP) is 1.01. The van der Waals surface area contributed by atoms with Crippen LogP contribution in [0.4, 0.5) is 5.82 Å². The second kappa shape index (κ2) is 3.96. The smallest absolute Gasteiger partial charge is 0.179 e. The molecule has 2 aromatic rings. The van der Waals surface area contributed by atoms with Crippen LogP contribution in [-0.4, -0.2) is 33.0 Å². The summed E-state index contributed by atoms with van der Waals surface area (Å²) >= 11 is 0. The van der Waals surface area contributed by atoms with Crippen molar-refractivity contribution in [3.8, 4) is 0 Å². The molecule has 0 aliphatic carbocycles. The van der Waals surface area contributed by atoms with Crippen molar-refractivity contribution in [1.29, 1.82) is 0 Å². The Morgan fingerprint density at radius 3 is 3.18 bits per heavy atom. The number of hydrogen-bond acceptors (Lipinski definition) is 5. The fourth-order valence-electron chi connectivity index (χ4n) is 2.26. The Morgan fingerprint density at radius 1 is 1.53 bits per heavy atom. The monoisotopic (exact) mass is 233 g/mol. The molecule has 0 saturated carbocycles. The van der Waals surface area contributed by atoms with Crippen LogP contribution < -0.4 is 5.73 Å². The first-order valence-electron chi connectivity index (χ1n) is 5.79. The van der Waals surface area contributed by atoms with Gasteiger partial charge in [-0.05, 0) is 13.3 Å². The van der Waals surface area contributed by atoms with Crippen molar-refractivity contribution in [2.24, 2.45) is 5.92 Å². The average molecular weight is 233 g/mol. The second-order valence-corrected chi connectivity index (χ2v) is 4.46. The van der Waals surface area contributed by atoms with Gasteiger partial charge in [0.1, 0.15) is 11.3 Å². The van der Waals surface area contributed by atoms with Gasteiger partial charge in [-0.2, -0.15) is 5.10 Å². The Balaban J connectivity index is 2.01. The molecule has 1 aliphatic rings. The van der Waals surface area contributed by atoms with Gasteiger partial charge in [0.05, 0.1) is 25.0 Å².